The molecule has 3 aromatic carbocycles. The molecule has 0 bridgehead atoms. The molecule has 0 atom stereocenters. The fourth-order valence-corrected chi connectivity index (χ4v) is 3.42. The molecule has 0 fully saturated rings. The fourth-order valence-electron chi connectivity index (χ4n) is 3.42. The number of para-hydroxylation sites is 1. The zero-order valence-electron chi connectivity index (χ0n) is 21.8. The molecule has 2 amide bonds. The number of nitrogens with one attached hydrogen (secondary N) is 3. The molecule has 7 heteroatoms. The zero-order chi connectivity index (χ0) is 27.0. The first-order chi connectivity index (χ1) is 17.5. The standard InChI is InChI=1S/C30H32N4O3/c1-21-20-24(28(35)34(5)26-11-7-6-8-12-26)14-13-22(21)10-9-19-32-25-17-15-23(16-18-25)27(31)33-29(36)37-30(2,3)4/h6-8,11-18,20,32H,19H2,1-5H3,(H2,31,33,36). The van der Waals surface area contributed by atoms with Crippen LogP contribution in [0.25, 0.3) is 0 Å². The minimum Gasteiger partial charge on any atom is -0.444 e. The van der Waals surface area contributed by atoms with Crippen LogP contribution in [-0.2, 0) is 4.74 Å². The van der Waals surface area contributed by atoms with Crippen molar-refractivity contribution in [2.24, 2.45) is 0 Å². The van der Waals surface area contributed by atoms with E-state index in [9.17, 15) is 9.59 Å². The second kappa shape index (κ2) is 11.9. The Bertz CT molecular complexity index is 1330. The zero-order valence-corrected chi connectivity index (χ0v) is 21.8. The maximum absolute atomic E-state index is 12.8. The highest BCUT2D eigenvalue weighted by atomic mass is 16.6. The summed E-state index contributed by atoms with van der Waals surface area (Å²) in [6, 6.07) is 22.2. The lowest BCUT2D eigenvalue weighted by molar-refractivity contribution is 0.0563. The highest BCUT2D eigenvalue weighted by molar-refractivity contribution is 6.06. The lowest BCUT2D eigenvalue weighted by Crippen LogP contribution is -2.36. The summed E-state index contributed by atoms with van der Waals surface area (Å²) < 4.78 is 5.17. The van der Waals surface area contributed by atoms with E-state index in [2.05, 4.69) is 22.5 Å². The SMILES string of the molecule is Cc1cc(C(=O)N(C)c2ccccc2)ccc1C#CCNc1ccc(C(=N)NC(=O)OC(C)(C)C)cc1. The first-order valence-electron chi connectivity index (χ1n) is 11.9. The number of amides is 2. The third kappa shape index (κ3) is 7.97. The number of hydrogen-bond acceptors (Lipinski definition) is 5. The summed E-state index contributed by atoms with van der Waals surface area (Å²) in [7, 11) is 1.76. The molecule has 0 saturated heterocycles. The quantitative estimate of drug-likeness (QED) is 0.244. The van der Waals surface area contributed by atoms with Crippen molar-refractivity contribution in [2.75, 3.05) is 23.8 Å². The normalized spacial score (nSPS) is 10.5. The third-order valence-corrected chi connectivity index (χ3v) is 5.32. The predicted molar refractivity (Wildman–Crippen MR) is 148 cm³/mol. The Hall–Kier alpha value is -4.57. The Labute approximate surface area is 218 Å². The largest absolute Gasteiger partial charge is 0.444 e. The van der Waals surface area contributed by atoms with Gasteiger partial charge in [-0.05, 0) is 87.9 Å². The van der Waals surface area contributed by atoms with Crippen LogP contribution in [0, 0.1) is 24.2 Å². The lowest BCUT2D eigenvalue weighted by Gasteiger charge is -2.19. The van der Waals surface area contributed by atoms with Crippen molar-refractivity contribution in [1.29, 1.82) is 5.41 Å². The van der Waals surface area contributed by atoms with Gasteiger partial charge in [0.05, 0.1) is 6.54 Å². The summed E-state index contributed by atoms with van der Waals surface area (Å²) in [6.07, 6.45) is -0.661. The molecule has 0 spiro atoms. The number of aryl methyl sites for hydroxylation is 1. The molecule has 0 radical (unpaired) electrons. The van der Waals surface area contributed by atoms with Crippen molar-refractivity contribution in [1.82, 2.24) is 5.32 Å². The van der Waals surface area contributed by atoms with Crippen LogP contribution in [-0.4, -0.2) is 37.0 Å². The van der Waals surface area contributed by atoms with E-state index < -0.39 is 11.7 Å². The average Bonchev–Trinajstić information content (AvgIpc) is 2.86. The number of hydrogen-bond donors (Lipinski definition) is 3. The van der Waals surface area contributed by atoms with Gasteiger partial charge in [-0.3, -0.25) is 15.5 Å². The topological polar surface area (TPSA) is 94.5 Å². The molecule has 3 N–H and O–H groups in total. The maximum Gasteiger partial charge on any atom is 0.413 e. The lowest BCUT2D eigenvalue weighted by atomic mass is 10.0. The molecule has 37 heavy (non-hydrogen) atoms. The number of carbonyl (C=O) groups excluding carboxylic acids is 2. The number of nitrogens with zero attached hydrogens (tertiary/aromatic N) is 1. The van der Waals surface area contributed by atoms with Crippen LogP contribution in [0.5, 0.6) is 0 Å². The minimum absolute atomic E-state index is 0.0343. The molecule has 3 rings (SSSR count). The van der Waals surface area contributed by atoms with E-state index in [1.165, 1.54) is 0 Å². The number of anilines is 2. The fraction of sp³-hybridized carbons (Fsp3) is 0.233. The van der Waals surface area contributed by atoms with E-state index in [4.69, 9.17) is 10.1 Å². The molecule has 0 saturated carbocycles. The van der Waals surface area contributed by atoms with Gasteiger partial charge in [-0.1, -0.05) is 30.0 Å². The van der Waals surface area contributed by atoms with Gasteiger partial charge in [0, 0.05) is 35.1 Å². The van der Waals surface area contributed by atoms with Gasteiger partial charge in [0.1, 0.15) is 11.4 Å². The number of alkyl carbamates (subject to hydrolysis) is 1. The molecular weight excluding hydrogens is 464 g/mol. The Kier molecular flexibility index (Phi) is 8.70. The van der Waals surface area contributed by atoms with Crippen LogP contribution >= 0.6 is 0 Å². The van der Waals surface area contributed by atoms with Gasteiger partial charge in [-0.2, -0.15) is 0 Å². The van der Waals surface area contributed by atoms with Crippen molar-refractivity contribution < 1.29 is 14.3 Å². The monoisotopic (exact) mass is 496 g/mol. The van der Waals surface area contributed by atoms with Crippen LogP contribution < -0.4 is 15.5 Å². The first kappa shape index (κ1) is 27.0. The van der Waals surface area contributed by atoms with Gasteiger partial charge < -0.3 is 15.0 Å². The molecular formula is C30H32N4O3. The molecule has 0 aliphatic carbocycles. The van der Waals surface area contributed by atoms with Crippen LogP contribution in [0.1, 0.15) is 47.8 Å². The van der Waals surface area contributed by atoms with Gasteiger partial charge in [-0.25, -0.2) is 4.79 Å². The summed E-state index contributed by atoms with van der Waals surface area (Å²) in [4.78, 5) is 26.3. The van der Waals surface area contributed by atoms with Gasteiger partial charge in [-0.15, -0.1) is 0 Å². The Morgan fingerprint density at radius 3 is 2.24 bits per heavy atom. The molecule has 0 unspecified atom stereocenters. The molecule has 0 heterocycles. The van der Waals surface area contributed by atoms with Crippen molar-refractivity contribution >= 4 is 29.2 Å². The molecule has 0 aromatic heterocycles. The van der Waals surface area contributed by atoms with E-state index in [1.54, 1.807) is 50.9 Å². The Balaban J connectivity index is 1.54. The summed E-state index contributed by atoms with van der Waals surface area (Å²) in [5.41, 5.74) is 4.01. The number of carbonyl (C=O) groups is 2. The predicted octanol–water partition coefficient (Wildman–Crippen LogP) is 5.59. The molecule has 7 nitrogen and oxygen atoms in total. The number of rotatable bonds is 5. The molecule has 0 aliphatic heterocycles. The van der Waals surface area contributed by atoms with Gasteiger partial charge in [0.2, 0.25) is 0 Å². The van der Waals surface area contributed by atoms with Gasteiger partial charge >= 0.3 is 6.09 Å². The van der Waals surface area contributed by atoms with E-state index in [0.717, 1.165) is 22.5 Å². The van der Waals surface area contributed by atoms with Gasteiger partial charge in [0.25, 0.3) is 5.91 Å². The van der Waals surface area contributed by atoms with Crippen LogP contribution in [0.15, 0.2) is 72.8 Å². The minimum atomic E-state index is -0.661. The summed E-state index contributed by atoms with van der Waals surface area (Å²) in [6.45, 7) is 7.66. The third-order valence-electron chi connectivity index (χ3n) is 5.32. The van der Waals surface area contributed by atoms with Crippen molar-refractivity contribution in [3.8, 4) is 11.8 Å². The highest BCUT2D eigenvalue weighted by Crippen LogP contribution is 2.17. The van der Waals surface area contributed by atoms with Crippen molar-refractivity contribution in [3.05, 3.63) is 95.1 Å². The molecule has 0 aliphatic rings. The smallest absolute Gasteiger partial charge is 0.413 e. The van der Waals surface area contributed by atoms with Crippen LogP contribution in [0.2, 0.25) is 0 Å². The van der Waals surface area contributed by atoms with Crippen LogP contribution in [0.4, 0.5) is 16.2 Å². The van der Waals surface area contributed by atoms with E-state index >= 15 is 0 Å². The van der Waals surface area contributed by atoms with Crippen molar-refractivity contribution in [3.63, 3.8) is 0 Å². The number of ether oxygens (including phenoxy) is 1. The Morgan fingerprint density at radius 2 is 1.62 bits per heavy atom. The summed E-state index contributed by atoms with van der Waals surface area (Å²) in [5, 5.41) is 13.7. The van der Waals surface area contributed by atoms with Crippen LogP contribution in [0.3, 0.4) is 0 Å². The Morgan fingerprint density at radius 1 is 0.973 bits per heavy atom. The van der Waals surface area contributed by atoms with E-state index in [1.807, 2.05) is 61.5 Å². The second-order valence-electron chi connectivity index (χ2n) is 9.46. The molecule has 3 aromatic rings. The maximum atomic E-state index is 12.8. The van der Waals surface area contributed by atoms with E-state index in [-0.39, 0.29) is 11.7 Å². The second-order valence-corrected chi connectivity index (χ2v) is 9.46. The van der Waals surface area contributed by atoms with Crippen molar-refractivity contribution in [2.45, 2.75) is 33.3 Å². The van der Waals surface area contributed by atoms with Gasteiger partial charge in [0.15, 0.2) is 0 Å². The van der Waals surface area contributed by atoms with E-state index in [0.29, 0.717) is 17.7 Å². The number of amidine groups is 1. The molecule has 190 valence electrons. The highest BCUT2D eigenvalue weighted by Gasteiger charge is 2.17. The summed E-state index contributed by atoms with van der Waals surface area (Å²) in [5.74, 6) is 6.14. The first-order valence-corrected chi connectivity index (χ1v) is 11.9. The average molecular weight is 497 g/mol. The number of benzene rings is 3. The summed E-state index contributed by atoms with van der Waals surface area (Å²) >= 11 is 0.